The van der Waals surface area contributed by atoms with Gasteiger partial charge in [-0.15, -0.1) is 0 Å². The molecule has 0 unspecified atom stereocenters. The van der Waals surface area contributed by atoms with Crippen LogP contribution in [-0.2, 0) is 6.42 Å². The lowest BCUT2D eigenvalue weighted by Gasteiger charge is -2.26. The van der Waals surface area contributed by atoms with E-state index in [4.69, 9.17) is 16.3 Å². The molecule has 7 heteroatoms. The third-order valence-electron chi connectivity index (χ3n) is 6.14. The highest BCUT2D eigenvalue weighted by Gasteiger charge is 2.29. The van der Waals surface area contributed by atoms with Crippen LogP contribution in [0.15, 0.2) is 132 Å². The van der Waals surface area contributed by atoms with Crippen LogP contribution in [0.5, 0.6) is 0 Å². The smallest absolute Gasteiger partial charge is 0.273 e. The maximum Gasteiger partial charge on any atom is 0.273 e. The van der Waals surface area contributed by atoms with Crippen molar-refractivity contribution < 1.29 is 4.79 Å². The van der Waals surface area contributed by atoms with Crippen molar-refractivity contribution in [3.8, 4) is 0 Å². The number of rotatable bonds is 8. The molecule has 5 aromatic rings. The Morgan fingerprint density at radius 3 is 1.74 bits per heavy atom. The summed E-state index contributed by atoms with van der Waals surface area (Å²) in [6, 6.07) is 38.3. The van der Waals surface area contributed by atoms with Crippen molar-refractivity contribution in [2.75, 3.05) is 6.54 Å². The lowest BCUT2D eigenvalue weighted by Crippen LogP contribution is -2.27. The minimum atomic E-state index is -2.59. The van der Waals surface area contributed by atoms with Crippen LogP contribution in [0.4, 0.5) is 5.82 Å². The Morgan fingerprint density at radius 1 is 0.711 bits per heavy atom. The number of carbonyl (C=O) groups excluding carboxylic acids is 1. The van der Waals surface area contributed by atoms with E-state index < -0.39 is 7.05 Å². The van der Waals surface area contributed by atoms with Gasteiger partial charge in [0.2, 0.25) is 0 Å². The summed E-state index contributed by atoms with van der Waals surface area (Å²) in [6.07, 6.45) is 3.78. The molecule has 1 heterocycles. The van der Waals surface area contributed by atoms with Gasteiger partial charge in [0.25, 0.3) is 5.91 Å². The average molecular weight is 537 g/mol. The van der Waals surface area contributed by atoms with Gasteiger partial charge in [0.05, 0.1) is 7.05 Å². The van der Waals surface area contributed by atoms with E-state index in [0.29, 0.717) is 23.8 Å². The predicted octanol–water partition coefficient (Wildman–Crippen LogP) is 5.91. The molecule has 0 radical (unpaired) electrons. The van der Waals surface area contributed by atoms with E-state index in [0.717, 1.165) is 21.5 Å². The summed E-state index contributed by atoms with van der Waals surface area (Å²) in [7, 11) is -2.59. The molecule has 1 amide bonds. The zero-order chi connectivity index (χ0) is 26.2. The fraction of sp³-hybridized carbons (Fsp3) is 0.0645. The largest absolute Gasteiger partial charge is 0.350 e. The van der Waals surface area contributed by atoms with Gasteiger partial charge in [-0.1, -0.05) is 115 Å². The highest BCUT2D eigenvalue weighted by atomic mass is 35.5. The van der Waals surface area contributed by atoms with Crippen molar-refractivity contribution in [1.29, 1.82) is 0 Å². The molecular formula is C31H26ClN4OP. The molecule has 1 aromatic heterocycles. The molecule has 0 aliphatic rings. The number of hydrogen-bond donors (Lipinski definition) is 1. The molecule has 0 saturated carbocycles. The monoisotopic (exact) mass is 536 g/mol. The summed E-state index contributed by atoms with van der Waals surface area (Å²) >= 11 is 5.99. The first-order valence-electron chi connectivity index (χ1n) is 12.3. The van der Waals surface area contributed by atoms with Gasteiger partial charge in [-0.05, 0) is 24.1 Å². The number of carbonyl (C=O) groups is 1. The third-order valence-corrected chi connectivity index (χ3v) is 10.0. The number of amides is 1. The van der Waals surface area contributed by atoms with Crippen molar-refractivity contribution in [3.05, 3.63) is 144 Å². The van der Waals surface area contributed by atoms with Gasteiger partial charge in [-0.25, -0.2) is 14.7 Å². The molecule has 0 aliphatic heterocycles. The number of halogens is 1. The van der Waals surface area contributed by atoms with Crippen molar-refractivity contribution >= 4 is 46.3 Å². The summed E-state index contributed by atoms with van der Waals surface area (Å²) in [6.45, 7) is 0.451. The Morgan fingerprint density at radius 2 is 1.21 bits per heavy atom. The minimum absolute atomic E-state index is 0.204. The standard InChI is InChI=1S/C31H26ClN4OP/c32-25-18-16-24(17-19-25)20-21-35-31(37)29-30(34-23-22-33-29)36-38(26-10-4-1-5-11-26,27-12-6-2-7-13-27)28-14-8-3-9-15-28/h1-19,22-23H,20-21H2,(H,35,37). The van der Waals surface area contributed by atoms with Crippen LogP contribution >= 0.6 is 18.7 Å². The van der Waals surface area contributed by atoms with Gasteiger partial charge in [0, 0.05) is 39.9 Å². The number of hydrogen-bond acceptors (Lipinski definition) is 4. The van der Waals surface area contributed by atoms with Gasteiger partial charge < -0.3 is 5.32 Å². The van der Waals surface area contributed by atoms with Gasteiger partial charge >= 0.3 is 0 Å². The number of nitrogens with one attached hydrogen (secondary N) is 1. The molecular weight excluding hydrogens is 511 g/mol. The van der Waals surface area contributed by atoms with Crippen LogP contribution in [0.2, 0.25) is 5.02 Å². The van der Waals surface area contributed by atoms with Crippen LogP contribution in [0, 0.1) is 0 Å². The molecule has 1 N–H and O–H groups in total. The van der Waals surface area contributed by atoms with E-state index in [1.54, 1.807) is 6.20 Å². The van der Waals surface area contributed by atoms with E-state index in [1.807, 2.05) is 78.9 Å². The lowest BCUT2D eigenvalue weighted by molar-refractivity contribution is 0.0949. The summed E-state index contributed by atoms with van der Waals surface area (Å²) in [4.78, 5) is 22.3. The SMILES string of the molecule is O=C(NCCc1ccc(Cl)cc1)c1nccnc1N=P(c1ccccc1)(c1ccccc1)c1ccccc1. The number of nitrogens with zero attached hydrogens (tertiary/aromatic N) is 3. The molecule has 0 bridgehead atoms. The van der Waals surface area contributed by atoms with Crippen LogP contribution in [0.1, 0.15) is 16.1 Å². The average Bonchev–Trinajstić information content (AvgIpc) is 2.98. The molecule has 188 valence electrons. The highest BCUT2D eigenvalue weighted by Crippen LogP contribution is 2.49. The molecule has 4 aromatic carbocycles. The Labute approximate surface area is 227 Å². The number of benzene rings is 4. The van der Waals surface area contributed by atoms with Crippen molar-refractivity contribution in [1.82, 2.24) is 15.3 Å². The van der Waals surface area contributed by atoms with E-state index in [1.165, 1.54) is 6.20 Å². The van der Waals surface area contributed by atoms with Crippen molar-refractivity contribution in [2.45, 2.75) is 6.42 Å². The van der Waals surface area contributed by atoms with Crippen LogP contribution < -0.4 is 21.2 Å². The van der Waals surface area contributed by atoms with E-state index in [2.05, 4.69) is 51.7 Å². The van der Waals surface area contributed by atoms with Gasteiger partial charge in [0.1, 0.15) is 0 Å². The Kier molecular flexibility index (Phi) is 8.08. The molecule has 5 nitrogen and oxygen atoms in total. The van der Waals surface area contributed by atoms with Crippen molar-refractivity contribution in [2.24, 2.45) is 4.74 Å². The van der Waals surface area contributed by atoms with Crippen LogP contribution in [-0.4, -0.2) is 22.4 Å². The first kappa shape index (κ1) is 25.6. The fourth-order valence-electron chi connectivity index (χ4n) is 4.31. The Balaban J connectivity index is 1.60. The maximum atomic E-state index is 13.3. The fourth-order valence-corrected chi connectivity index (χ4v) is 7.92. The second-order valence-electron chi connectivity index (χ2n) is 8.60. The molecule has 5 rings (SSSR count). The number of aromatic nitrogens is 2. The first-order chi connectivity index (χ1) is 18.7. The second kappa shape index (κ2) is 12.0. The second-order valence-corrected chi connectivity index (χ2v) is 12.1. The zero-order valence-corrected chi connectivity index (χ0v) is 22.3. The molecule has 0 saturated heterocycles. The van der Waals surface area contributed by atoms with Crippen molar-refractivity contribution in [3.63, 3.8) is 0 Å². The topological polar surface area (TPSA) is 67.2 Å². The van der Waals surface area contributed by atoms with Gasteiger partial charge in [-0.2, -0.15) is 0 Å². The molecule has 0 aliphatic carbocycles. The van der Waals surface area contributed by atoms with Crippen LogP contribution in [0.3, 0.4) is 0 Å². The molecule has 0 spiro atoms. The summed E-state index contributed by atoms with van der Waals surface area (Å²) in [5.41, 5.74) is 1.29. The summed E-state index contributed by atoms with van der Waals surface area (Å²) < 4.78 is 5.36. The van der Waals surface area contributed by atoms with Gasteiger partial charge in [0.15, 0.2) is 11.5 Å². The summed E-state index contributed by atoms with van der Waals surface area (Å²) in [5, 5.41) is 6.87. The Hall–Kier alpha value is -4.05. The lowest BCUT2D eigenvalue weighted by atomic mass is 10.1. The van der Waals surface area contributed by atoms with E-state index >= 15 is 0 Å². The Bertz CT molecular complexity index is 1460. The molecule has 38 heavy (non-hydrogen) atoms. The quantitative estimate of drug-likeness (QED) is 0.251. The maximum absolute atomic E-state index is 13.3. The molecule has 0 atom stereocenters. The van der Waals surface area contributed by atoms with Gasteiger partial charge in [-0.3, -0.25) is 4.79 Å². The minimum Gasteiger partial charge on any atom is -0.350 e. The van der Waals surface area contributed by atoms with E-state index in [9.17, 15) is 4.79 Å². The van der Waals surface area contributed by atoms with E-state index in [-0.39, 0.29) is 11.6 Å². The predicted molar refractivity (Wildman–Crippen MR) is 157 cm³/mol. The summed E-state index contributed by atoms with van der Waals surface area (Å²) in [5.74, 6) is 0.0134. The highest BCUT2D eigenvalue weighted by molar-refractivity contribution is 7.87. The third kappa shape index (κ3) is 5.60. The van der Waals surface area contributed by atoms with Crippen LogP contribution in [0.25, 0.3) is 0 Å². The first-order valence-corrected chi connectivity index (χ1v) is 14.4. The zero-order valence-electron chi connectivity index (χ0n) is 20.6. The molecule has 0 fully saturated rings. The normalized spacial score (nSPS) is 11.1.